The normalized spacial score (nSPS) is 15.0. The highest BCUT2D eigenvalue weighted by Crippen LogP contribution is 2.28. The number of morpholine rings is 1. The van der Waals surface area contributed by atoms with Gasteiger partial charge in [-0.1, -0.05) is 27.3 Å². The maximum absolute atomic E-state index is 12.8. The van der Waals surface area contributed by atoms with Gasteiger partial charge in [-0.05, 0) is 32.0 Å². The molecule has 1 aliphatic rings. The molecule has 36 heavy (non-hydrogen) atoms. The number of thiazole rings is 1. The van der Waals surface area contributed by atoms with Gasteiger partial charge >= 0.3 is 6.36 Å². The van der Waals surface area contributed by atoms with Crippen molar-refractivity contribution in [1.29, 1.82) is 0 Å². The molecule has 0 radical (unpaired) electrons. The molecule has 0 aliphatic carbocycles. The summed E-state index contributed by atoms with van der Waals surface area (Å²) in [6.07, 6.45) is -3.43. The molecule has 1 saturated heterocycles. The minimum Gasteiger partial charge on any atom is -0.406 e. The topological polar surface area (TPSA) is 111 Å². The van der Waals surface area contributed by atoms with E-state index in [0.717, 1.165) is 23.5 Å². The number of aromatic nitrogens is 4. The largest absolute Gasteiger partial charge is 0.573 e. The average molecular weight is 589 g/mol. The Labute approximate surface area is 215 Å². The third-order valence-corrected chi connectivity index (χ3v) is 6.44. The van der Waals surface area contributed by atoms with Crippen LogP contribution in [0.4, 0.5) is 13.2 Å². The summed E-state index contributed by atoms with van der Waals surface area (Å²) in [4.78, 5) is 36.4. The first-order chi connectivity index (χ1) is 17.0. The van der Waals surface area contributed by atoms with E-state index in [1.165, 1.54) is 16.9 Å². The number of nitrogens with zero attached hydrogens (tertiary/aromatic N) is 5. The Hall–Kier alpha value is -3.04. The van der Waals surface area contributed by atoms with Crippen LogP contribution in [0.1, 0.15) is 44.6 Å². The first kappa shape index (κ1) is 26.0. The van der Waals surface area contributed by atoms with Crippen molar-refractivity contribution in [3.63, 3.8) is 0 Å². The zero-order valence-corrected chi connectivity index (χ0v) is 21.4. The third kappa shape index (κ3) is 6.20. The number of amides is 2. The fourth-order valence-corrected chi connectivity index (χ4v) is 4.78. The zero-order valence-electron chi connectivity index (χ0n) is 19.0. The quantitative estimate of drug-likeness (QED) is 0.468. The number of benzene rings is 1. The first-order valence-electron chi connectivity index (χ1n) is 10.6. The molecule has 1 atom stereocenters. The van der Waals surface area contributed by atoms with Crippen LogP contribution in [-0.2, 0) is 4.74 Å². The van der Waals surface area contributed by atoms with Crippen LogP contribution >= 0.6 is 27.3 Å². The number of hydrogen-bond acceptors (Lipinski definition) is 8. The van der Waals surface area contributed by atoms with Crippen LogP contribution in [0, 0.1) is 6.92 Å². The molecule has 1 N–H and O–H groups in total. The van der Waals surface area contributed by atoms with Crippen molar-refractivity contribution in [1.82, 2.24) is 30.0 Å². The van der Waals surface area contributed by atoms with Gasteiger partial charge in [-0.15, -0.1) is 18.3 Å². The van der Waals surface area contributed by atoms with Crippen LogP contribution in [0.25, 0.3) is 5.13 Å². The van der Waals surface area contributed by atoms with Gasteiger partial charge in [0.25, 0.3) is 11.8 Å². The molecular formula is C21H20BrF3N6O4S. The van der Waals surface area contributed by atoms with Crippen LogP contribution in [0.5, 0.6) is 5.75 Å². The van der Waals surface area contributed by atoms with Crippen molar-refractivity contribution in [2.75, 3.05) is 26.3 Å². The second kappa shape index (κ2) is 10.5. The van der Waals surface area contributed by atoms with E-state index < -0.39 is 24.1 Å². The Balaban J connectivity index is 1.52. The summed E-state index contributed by atoms with van der Waals surface area (Å²) in [5.74, 6) is -0.597. The molecule has 1 fully saturated rings. The second-order valence-corrected chi connectivity index (χ2v) is 9.68. The molecule has 10 nitrogen and oxygen atoms in total. The number of rotatable bonds is 6. The maximum atomic E-state index is 12.8. The summed E-state index contributed by atoms with van der Waals surface area (Å²) < 4.78 is 48.7. The van der Waals surface area contributed by atoms with E-state index in [0.29, 0.717) is 48.0 Å². The van der Waals surface area contributed by atoms with Gasteiger partial charge in [0.2, 0.25) is 5.13 Å². The van der Waals surface area contributed by atoms with Crippen LogP contribution in [0.15, 0.2) is 28.9 Å². The van der Waals surface area contributed by atoms with Gasteiger partial charge in [0.05, 0.1) is 25.5 Å². The number of ether oxygens (including phenoxy) is 2. The number of halogens is 4. The molecular weight excluding hydrogens is 569 g/mol. The summed E-state index contributed by atoms with van der Waals surface area (Å²) in [6.45, 7) is 5.25. The predicted octanol–water partition coefficient (Wildman–Crippen LogP) is 3.66. The summed E-state index contributed by atoms with van der Waals surface area (Å²) in [5.41, 5.74) is -0.0501. The highest BCUT2D eigenvalue weighted by Gasteiger charge is 2.32. The smallest absolute Gasteiger partial charge is 0.406 e. The van der Waals surface area contributed by atoms with Gasteiger partial charge in [-0.3, -0.25) is 9.59 Å². The van der Waals surface area contributed by atoms with E-state index in [9.17, 15) is 22.8 Å². The van der Waals surface area contributed by atoms with Gasteiger partial charge in [-0.2, -0.15) is 4.68 Å². The second-order valence-electron chi connectivity index (χ2n) is 7.76. The number of hydrogen-bond donors (Lipinski definition) is 1. The molecule has 2 amide bonds. The van der Waals surface area contributed by atoms with E-state index in [4.69, 9.17) is 4.74 Å². The monoisotopic (exact) mass is 588 g/mol. The lowest BCUT2D eigenvalue weighted by molar-refractivity contribution is -0.274. The average Bonchev–Trinajstić information content (AvgIpc) is 3.44. The molecule has 2 aromatic heterocycles. The van der Waals surface area contributed by atoms with E-state index in [-0.39, 0.29) is 15.9 Å². The molecule has 0 spiro atoms. The molecule has 1 aromatic carbocycles. The Morgan fingerprint density at radius 2 is 1.97 bits per heavy atom. The fraction of sp³-hybridized carbons (Fsp3) is 0.381. The van der Waals surface area contributed by atoms with Crippen molar-refractivity contribution in [2.45, 2.75) is 26.3 Å². The SMILES string of the molecule is Cc1nc([C@H](C)NC(=O)c2cc(Br)cc(OC(F)(F)F)c2)n(-c2ncc(C(=O)N3CCOCC3)s2)n1. The van der Waals surface area contributed by atoms with Gasteiger partial charge < -0.3 is 19.7 Å². The summed E-state index contributed by atoms with van der Waals surface area (Å²) in [6, 6.07) is 2.75. The van der Waals surface area contributed by atoms with Gasteiger partial charge in [-0.25, -0.2) is 9.97 Å². The standard InChI is InChI=1S/C21H20BrF3N6O4S/c1-11(27-18(32)13-7-14(22)9-15(8-13)35-21(23,24)25)17-28-12(2)29-31(17)20-26-10-16(36-20)19(33)30-3-5-34-6-4-30/h7-11H,3-6H2,1-2H3,(H,27,32)/t11-/m0/s1. The molecule has 4 rings (SSSR count). The Kier molecular flexibility index (Phi) is 7.61. The zero-order chi connectivity index (χ0) is 26.0. The molecule has 15 heteroatoms. The lowest BCUT2D eigenvalue weighted by Gasteiger charge is -2.26. The lowest BCUT2D eigenvalue weighted by Crippen LogP contribution is -2.40. The van der Waals surface area contributed by atoms with Gasteiger partial charge in [0, 0.05) is 23.1 Å². The van der Waals surface area contributed by atoms with E-state index in [1.807, 2.05) is 0 Å². The van der Waals surface area contributed by atoms with Gasteiger partial charge in [0.1, 0.15) is 16.5 Å². The number of alkyl halides is 3. The number of carbonyl (C=O) groups excluding carboxylic acids is 2. The molecule has 3 aromatic rings. The Morgan fingerprint density at radius 1 is 1.25 bits per heavy atom. The molecule has 0 unspecified atom stereocenters. The Bertz CT molecular complexity index is 1270. The maximum Gasteiger partial charge on any atom is 0.573 e. The molecule has 0 bridgehead atoms. The number of aryl methyl sites for hydroxylation is 1. The van der Waals surface area contributed by atoms with Crippen molar-refractivity contribution in [2.24, 2.45) is 0 Å². The minimum atomic E-state index is -4.90. The number of carbonyl (C=O) groups is 2. The third-order valence-electron chi connectivity index (χ3n) is 5.02. The van der Waals surface area contributed by atoms with Crippen LogP contribution < -0.4 is 10.1 Å². The van der Waals surface area contributed by atoms with E-state index in [2.05, 4.69) is 41.1 Å². The molecule has 3 heterocycles. The summed E-state index contributed by atoms with van der Waals surface area (Å²) in [5, 5.41) is 7.42. The molecule has 0 saturated carbocycles. The highest BCUT2D eigenvalue weighted by atomic mass is 79.9. The first-order valence-corrected chi connectivity index (χ1v) is 12.2. The van der Waals surface area contributed by atoms with Crippen LogP contribution in [-0.4, -0.2) is 69.1 Å². The van der Waals surface area contributed by atoms with Crippen LogP contribution in [0.2, 0.25) is 0 Å². The summed E-state index contributed by atoms with van der Waals surface area (Å²) >= 11 is 4.22. The van der Waals surface area contributed by atoms with Crippen LogP contribution in [0.3, 0.4) is 0 Å². The van der Waals surface area contributed by atoms with Gasteiger partial charge in [0.15, 0.2) is 5.82 Å². The molecule has 1 aliphatic heterocycles. The summed E-state index contributed by atoms with van der Waals surface area (Å²) in [7, 11) is 0. The van der Waals surface area contributed by atoms with E-state index >= 15 is 0 Å². The van der Waals surface area contributed by atoms with Crippen molar-refractivity contribution in [3.8, 4) is 10.9 Å². The van der Waals surface area contributed by atoms with Crippen molar-refractivity contribution < 1.29 is 32.2 Å². The van der Waals surface area contributed by atoms with E-state index in [1.54, 1.807) is 18.7 Å². The van der Waals surface area contributed by atoms with Crippen molar-refractivity contribution >= 4 is 39.1 Å². The lowest BCUT2D eigenvalue weighted by atomic mass is 10.2. The minimum absolute atomic E-state index is 0.0501. The predicted molar refractivity (Wildman–Crippen MR) is 125 cm³/mol. The Morgan fingerprint density at radius 3 is 2.67 bits per heavy atom. The van der Waals surface area contributed by atoms with Crippen molar-refractivity contribution in [3.05, 3.63) is 51.0 Å². The fourth-order valence-electron chi connectivity index (χ4n) is 3.47. The number of nitrogens with one attached hydrogen (secondary N) is 1. The highest BCUT2D eigenvalue weighted by molar-refractivity contribution is 9.10. The molecule has 192 valence electrons.